The zero-order chi connectivity index (χ0) is 15.1. The number of amides is 1. The molecule has 2 rings (SSSR count). The van der Waals surface area contributed by atoms with Crippen molar-refractivity contribution in [3.05, 3.63) is 29.6 Å². The zero-order valence-electron chi connectivity index (χ0n) is 9.87. The molecule has 1 aliphatic carbocycles. The van der Waals surface area contributed by atoms with E-state index >= 15 is 0 Å². The van der Waals surface area contributed by atoms with Crippen LogP contribution in [0.5, 0.6) is 0 Å². The van der Waals surface area contributed by atoms with E-state index < -0.39 is 41.3 Å². The van der Waals surface area contributed by atoms with Crippen LogP contribution in [-0.2, 0) is 15.8 Å². The minimum atomic E-state index is -4.87. The van der Waals surface area contributed by atoms with Gasteiger partial charge in [-0.3, -0.25) is 9.59 Å². The molecule has 1 aromatic rings. The fraction of sp³-hybridized carbons (Fsp3) is 0.333. The number of hydrogen-bond acceptors (Lipinski definition) is 2. The lowest BCUT2D eigenvalue weighted by molar-refractivity contribution is -0.140. The average Bonchev–Trinajstić information content (AvgIpc) is 3.10. The number of nitrogens with one attached hydrogen (secondary N) is 1. The molecule has 108 valence electrons. The standard InChI is InChI=1S/C12H9F4NO3/c13-9-2-1-5(3-8(9)12(14,15)16)17-10(18)6-4-7(6)11(19)20/h1-3,6-7H,4H2,(H,17,18)(H,19,20). The van der Waals surface area contributed by atoms with Gasteiger partial charge in [-0.15, -0.1) is 0 Å². The van der Waals surface area contributed by atoms with Gasteiger partial charge in [0, 0.05) is 5.69 Å². The average molecular weight is 291 g/mol. The highest BCUT2D eigenvalue weighted by Gasteiger charge is 2.48. The van der Waals surface area contributed by atoms with Gasteiger partial charge in [0.25, 0.3) is 0 Å². The monoisotopic (exact) mass is 291 g/mol. The highest BCUT2D eigenvalue weighted by molar-refractivity contribution is 5.98. The van der Waals surface area contributed by atoms with Gasteiger partial charge in [-0.25, -0.2) is 4.39 Å². The fourth-order valence-electron chi connectivity index (χ4n) is 1.81. The first kappa shape index (κ1) is 14.3. The molecule has 0 bridgehead atoms. The van der Waals surface area contributed by atoms with Crippen LogP contribution in [0.25, 0.3) is 0 Å². The van der Waals surface area contributed by atoms with Gasteiger partial charge in [0.05, 0.1) is 17.4 Å². The summed E-state index contributed by atoms with van der Waals surface area (Å²) in [4.78, 5) is 22.2. The number of hydrogen-bond donors (Lipinski definition) is 2. The first-order chi connectivity index (χ1) is 9.20. The summed E-state index contributed by atoms with van der Waals surface area (Å²) in [7, 11) is 0. The number of aliphatic carboxylic acids is 1. The molecule has 1 amide bonds. The SMILES string of the molecule is O=C(O)C1CC1C(=O)Nc1ccc(F)c(C(F)(F)F)c1. The Bertz CT molecular complexity index is 570. The van der Waals surface area contributed by atoms with Gasteiger partial charge >= 0.3 is 12.1 Å². The third-order valence-corrected chi connectivity index (χ3v) is 2.98. The Kier molecular flexibility index (Phi) is 3.41. The highest BCUT2D eigenvalue weighted by Crippen LogP contribution is 2.40. The zero-order valence-corrected chi connectivity index (χ0v) is 9.87. The number of carboxylic acids is 1. The summed E-state index contributed by atoms with van der Waals surface area (Å²) in [5.41, 5.74) is -1.71. The van der Waals surface area contributed by atoms with Crippen molar-refractivity contribution in [2.24, 2.45) is 11.8 Å². The van der Waals surface area contributed by atoms with Crippen molar-refractivity contribution >= 4 is 17.6 Å². The quantitative estimate of drug-likeness (QED) is 0.841. The van der Waals surface area contributed by atoms with Gasteiger partial charge in [-0.05, 0) is 24.6 Å². The van der Waals surface area contributed by atoms with Crippen molar-refractivity contribution in [2.45, 2.75) is 12.6 Å². The number of alkyl halides is 3. The third-order valence-electron chi connectivity index (χ3n) is 2.98. The minimum Gasteiger partial charge on any atom is -0.481 e. The highest BCUT2D eigenvalue weighted by atomic mass is 19.4. The van der Waals surface area contributed by atoms with E-state index in [0.29, 0.717) is 12.1 Å². The van der Waals surface area contributed by atoms with Crippen molar-refractivity contribution in [1.82, 2.24) is 0 Å². The van der Waals surface area contributed by atoms with E-state index in [1.165, 1.54) is 0 Å². The molecule has 2 unspecified atom stereocenters. The van der Waals surface area contributed by atoms with Gasteiger partial charge in [-0.1, -0.05) is 0 Å². The van der Waals surface area contributed by atoms with E-state index in [9.17, 15) is 27.2 Å². The number of carboxylic acid groups (broad SMARTS) is 1. The summed E-state index contributed by atoms with van der Waals surface area (Å²) in [6.07, 6.45) is -4.72. The predicted octanol–water partition coefficient (Wildman–Crippen LogP) is 2.50. The van der Waals surface area contributed by atoms with Gasteiger partial charge < -0.3 is 10.4 Å². The Morgan fingerprint density at radius 3 is 2.40 bits per heavy atom. The molecular weight excluding hydrogens is 282 g/mol. The lowest BCUT2D eigenvalue weighted by Gasteiger charge is -2.10. The number of halogens is 4. The molecule has 1 aliphatic rings. The molecule has 1 aromatic carbocycles. The molecule has 2 N–H and O–H groups in total. The minimum absolute atomic E-state index is 0.147. The Labute approximate surface area is 110 Å². The van der Waals surface area contributed by atoms with Gasteiger partial charge in [-0.2, -0.15) is 13.2 Å². The lowest BCUT2D eigenvalue weighted by Crippen LogP contribution is -2.17. The van der Waals surface area contributed by atoms with Crippen LogP contribution in [0, 0.1) is 17.7 Å². The van der Waals surface area contributed by atoms with Crippen LogP contribution < -0.4 is 5.32 Å². The van der Waals surface area contributed by atoms with Crippen molar-refractivity contribution in [2.75, 3.05) is 5.32 Å². The molecule has 0 radical (unpaired) electrons. The number of carbonyl (C=O) groups is 2. The van der Waals surface area contributed by atoms with Crippen molar-refractivity contribution < 1.29 is 32.3 Å². The van der Waals surface area contributed by atoms with Crippen LogP contribution >= 0.6 is 0 Å². The van der Waals surface area contributed by atoms with Crippen molar-refractivity contribution in [1.29, 1.82) is 0 Å². The maximum absolute atomic E-state index is 13.0. The number of carbonyl (C=O) groups excluding carboxylic acids is 1. The topological polar surface area (TPSA) is 66.4 Å². The molecular formula is C12H9F4NO3. The normalized spacial score (nSPS) is 21.4. The Balaban J connectivity index is 2.11. The second-order valence-corrected chi connectivity index (χ2v) is 4.47. The number of rotatable bonds is 3. The summed E-state index contributed by atoms with van der Waals surface area (Å²) in [5, 5.41) is 10.8. The van der Waals surface area contributed by atoms with Crippen LogP contribution in [0.2, 0.25) is 0 Å². The predicted molar refractivity (Wildman–Crippen MR) is 59.3 cm³/mol. The smallest absolute Gasteiger partial charge is 0.419 e. The van der Waals surface area contributed by atoms with Crippen LogP contribution in [-0.4, -0.2) is 17.0 Å². The Hall–Kier alpha value is -2.12. The van der Waals surface area contributed by atoms with Crippen molar-refractivity contribution in [3.63, 3.8) is 0 Å². The van der Waals surface area contributed by atoms with Gasteiger partial charge in [0.15, 0.2) is 0 Å². The molecule has 20 heavy (non-hydrogen) atoms. The molecule has 0 heterocycles. The molecule has 8 heteroatoms. The summed E-state index contributed by atoms with van der Waals surface area (Å²) >= 11 is 0. The molecule has 1 fully saturated rings. The van der Waals surface area contributed by atoms with Crippen LogP contribution in [0.15, 0.2) is 18.2 Å². The molecule has 2 atom stereocenters. The third kappa shape index (κ3) is 2.89. The largest absolute Gasteiger partial charge is 0.481 e. The van der Waals surface area contributed by atoms with E-state index in [2.05, 4.69) is 5.32 Å². The van der Waals surface area contributed by atoms with E-state index in [1.54, 1.807) is 0 Å². The number of benzene rings is 1. The van der Waals surface area contributed by atoms with Gasteiger partial charge in [0.1, 0.15) is 5.82 Å². The van der Waals surface area contributed by atoms with Gasteiger partial charge in [0.2, 0.25) is 5.91 Å². The molecule has 4 nitrogen and oxygen atoms in total. The van der Waals surface area contributed by atoms with E-state index in [0.717, 1.165) is 6.07 Å². The number of anilines is 1. The Morgan fingerprint density at radius 1 is 1.25 bits per heavy atom. The maximum atomic E-state index is 13.0. The van der Waals surface area contributed by atoms with Crippen molar-refractivity contribution in [3.8, 4) is 0 Å². The summed E-state index contributed by atoms with van der Waals surface area (Å²) < 4.78 is 50.5. The summed E-state index contributed by atoms with van der Waals surface area (Å²) in [6.45, 7) is 0. The van der Waals surface area contributed by atoms with Crippen LogP contribution in [0.3, 0.4) is 0 Å². The van der Waals surface area contributed by atoms with Crippen LogP contribution in [0.4, 0.5) is 23.2 Å². The molecule has 0 spiro atoms. The Morgan fingerprint density at radius 2 is 1.90 bits per heavy atom. The lowest BCUT2D eigenvalue weighted by atomic mass is 10.1. The maximum Gasteiger partial charge on any atom is 0.419 e. The van der Waals surface area contributed by atoms with E-state index in [-0.39, 0.29) is 12.1 Å². The second kappa shape index (κ2) is 4.77. The first-order valence-corrected chi connectivity index (χ1v) is 5.60. The summed E-state index contributed by atoms with van der Waals surface area (Å²) in [5.74, 6) is -4.81. The first-order valence-electron chi connectivity index (χ1n) is 5.60. The molecule has 0 aliphatic heterocycles. The second-order valence-electron chi connectivity index (χ2n) is 4.47. The van der Waals surface area contributed by atoms with Crippen LogP contribution in [0.1, 0.15) is 12.0 Å². The molecule has 0 saturated heterocycles. The fourth-order valence-corrected chi connectivity index (χ4v) is 1.81. The molecule has 1 saturated carbocycles. The van der Waals surface area contributed by atoms with E-state index in [4.69, 9.17) is 5.11 Å². The summed E-state index contributed by atoms with van der Waals surface area (Å²) in [6, 6.07) is 2.06. The molecule has 0 aromatic heterocycles. The van der Waals surface area contributed by atoms with E-state index in [1.807, 2.05) is 0 Å².